The molecular weight excluding hydrogens is 184 g/mol. The molecule has 2 heteroatoms. The van der Waals surface area contributed by atoms with Crippen LogP contribution in [0.2, 0.25) is 0 Å². The van der Waals surface area contributed by atoms with Crippen LogP contribution < -0.4 is 4.57 Å². The second-order valence-electron chi connectivity index (χ2n) is 3.75. The Balaban J connectivity index is 2.41. The molecule has 15 heavy (non-hydrogen) atoms. The molecule has 0 atom stereocenters. The number of nitrogens with zero attached hydrogens (tertiary/aromatic N) is 2. The van der Waals surface area contributed by atoms with E-state index in [0.29, 0.717) is 0 Å². The average Bonchev–Trinajstić information content (AvgIpc) is 2.65. The molecule has 0 fully saturated rings. The topological polar surface area (TPSA) is 8.81 Å². The largest absolute Gasteiger partial charge is 0.248 e. The van der Waals surface area contributed by atoms with Crippen molar-refractivity contribution in [3.05, 3.63) is 60.7 Å². The Morgan fingerprint density at radius 1 is 1.33 bits per heavy atom. The van der Waals surface area contributed by atoms with Crippen molar-refractivity contribution in [3.63, 3.8) is 0 Å². The van der Waals surface area contributed by atoms with E-state index in [1.165, 1.54) is 11.1 Å². The molecule has 0 spiro atoms. The molecule has 0 N–H and O–H groups in total. The first-order valence-corrected chi connectivity index (χ1v) is 4.97. The van der Waals surface area contributed by atoms with Gasteiger partial charge in [0.15, 0.2) is 0 Å². The highest BCUT2D eigenvalue weighted by atomic mass is 15.1. The third-order valence-corrected chi connectivity index (χ3v) is 2.54. The van der Waals surface area contributed by atoms with Gasteiger partial charge >= 0.3 is 0 Å². The minimum Gasteiger partial charge on any atom is -0.239 e. The fourth-order valence-corrected chi connectivity index (χ4v) is 1.65. The summed E-state index contributed by atoms with van der Waals surface area (Å²) in [6.07, 6.45) is 6.02. The number of hydrogen-bond acceptors (Lipinski definition) is 0. The van der Waals surface area contributed by atoms with Crippen molar-refractivity contribution in [3.8, 4) is 0 Å². The van der Waals surface area contributed by atoms with Gasteiger partial charge in [0.1, 0.15) is 18.1 Å². The Morgan fingerprint density at radius 2 is 2.07 bits per heavy atom. The Kier molecular flexibility index (Phi) is 2.42. The van der Waals surface area contributed by atoms with Gasteiger partial charge < -0.3 is 0 Å². The first-order valence-electron chi connectivity index (χ1n) is 4.97. The first-order chi connectivity index (χ1) is 7.18. The lowest BCUT2D eigenvalue weighted by Crippen LogP contribution is -2.23. The summed E-state index contributed by atoms with van der Waals surface area (Å²) in [6.45, 7) is 6.22. The highest BCUT2D eigenvalue weighted by Crippen LogP contribution is 2.17. The molecule has 0 radical (unpaired) electrons. The average molecular weight is 199 g/mol. The second kappa shape index (κ2) is 3.73. The van der Waals surface area contributed by atoms with E-state index >= 15 is 0 Å². The van der Waals surface area contributed by atoms with Gasteiger partial charge in [-0.05, 0) is 12.5 Å². The number of hydrogen-bond donors (Lipinski definition) is 0. The SMILES string of the molecule is C=C(c1ccccc1C)n1cc[n+](C)c1. The molecule has 2 aromatic rings. The van der Waals surface area contributed by atoms with E-state index in [9.17, 15) is 0 Å². The van der Waals surface area contributed by atoms with Gasteiger partial charge in [0.05, 0.1) is 7.05 Å². The van der Waals surface area contributed by atoms with E-state index in [2.05, 4.69) is 25.6 Å². The summed E-state index contributed by atoms with van der Waals surface area (Å²) < 4.78 is 4.03. The fraction of sp³-hybridized carbons (Fsp3) is 0.154. The summed E-state index contributed by atoms with van der Waals surface area (Å²) in [6, 6.07) is 8.28. The molecule has 76 valence electrons. The van der Waals surface area contributed by atoms with Gasteiger partial charge in [-0.3, -0.25) is 0 Å². The summed E-state index contributed by atoms with van der Waals surface area (Å²) in [7, 11) is 2.00. The smallest absolute Gasteiger partial charge is 0.239 e. The highest BCUT2D eigenvalue weighted by molar-refractivity contribution is 5.65. The molecule has 0 saturated heterocycles. The van der Waals surface area contributed by atoms with Crippen molar-refractivity contribution in [2.45, 2.75) is 6.92 Å². The Hall–Kier alpha value is -1.83. The Bertz CT molecular complexity index is 495. The molecule has 1 heterocycles. The van der Waals surface area contributed by atoms with E-state index in [0.717, 1.165) is 5.70 Å². The van der Waals surface area contributed by atoms with Crippen molar-refractivity contribution in [1.82, 2.24) is 4.57 Å². The van der Waals surface area contributed by atoms with Gasteiger partial charge in [-0.1, -0.05) is 30.8 Å². The first kappa shape index (κ1) is 9.71. The van der Waals surface area contributed by atoms with Crippen molar-refractivity contribution >= 4 is 5.70 Å². The summed E-state index contributed by atoms with van der Waals surface area (Å²) >= 11 is 0. The number of aromatic nitrogens is 2. The zero-order chi connectivity index (χ0) is 10.8. The van der Waals surface area contributed by atoms with E-state index in [-0.39, 0.29) is 0 Å². The van der Waals surface area contributed by atoms with Gasteiger partial charge in [0.25, 0.3) is 0 Å². The molecule has 0 saturated carbocycles. The van der Waals surface area contributed by atoms with Gasteiger partial charge in [-0.2, -0.15) is 0 Å². The third-order valence-electron chi connectivity index (χ3n) is 2.54. The van der Waals surface area contributed by atoms with Crippen LogP contribution in [0.25, 0.3) is 5.70 Å². The number of rotatable bonds is 2. The number of benzene rings is 1. The molecule has 0 amide bonds. The Labute approximate surface area is 90.1 Å². The fourth-order valence-electron chi connectivity index (χ4n) is 1.65. The quantitative estimate of drug-likeness (QED) is 0.655. The van der Waals surface area contributed by atoms with Crippen molar-refractivity contribution in [1.29, 1.82) is 0 Å². The van der Waals surface area contributed by atoms with Crippen LogP contribution in [0.1, 0.15) is 11.1 Å². The summed E-state index contributed by atoms with van der Waals surface area (Å²) in [4.78, 5) is 0. The van der Waals surface area contributed by atoms with E-state index in [1.54, 1.807) is 0 Å². The molecular formula is C13H15N2+. The van der Waals surface area contributed by atoms with Crippen LogP contribution in [-0.4, -0.2) is 4.57 Å². The lowest BCUT2D eigenvalue weighted by atomic mass is 10.1. The van der Waals surface area contributed by atoms with Crippen LogP contribution in [0.4, 0.5) is 0 Å². The lowest BCUT2D eigenvalue weighted by molar-refractivity contribution is -0.670. The molecule has 0 aliphatic heterocycles. The zero-order valence-corrected chi connectivity index (χ0v) is 9.14. The van der Waals surface area contributed by atoms with Crippen molar-refractivity contribution in [2.24, 2.45) is 7.05 Å². The van der Waals surface area contributed by atoms with Crippen LogP contribution in [0, 0.1) is 6.92 Å². The minimum atomic E-state index is 1.01. The van der Waals surface area contributed by atoms with E-state index in [4.69, 9.17) is 0 Å². The maximum Gasteiger partial charge on any atom is 0.248 e. The normalized spacial score (nSPS) is 10.3. The van der Waals surface area contributed by atoms with Gasteiger partial charge in [-0.25, -0.2) is 9.13 Å². The van der Waals surface area contributed by atoms with Crippen LogP contribution in [0.5, 0.6) is 0 Å². The minimum absolute atomic E-state index is 1.01. The maximum atomic E-state index is 4.12. The molecule has 0 unspecified atom stereocenters. The van der Waals surface area contributed by atoms with E-state index < -0.39 is 0 Å². The summed E-state index contributed by atoms with van der Waals surface area (Å²) in [5.41, 5.74) is 3.45. The molecule has 0 aliphatic rings. The summed E-state index contributed by atoms with van der Waals surface area (Å²) in [5.74, 6) is 0. The van der Waals surface area contributed by atoms with Gasteiger partial charge in [-0.15, -0.1) is 0 Å². The lowest BCUT2D eigenvalue weighted by Gasteiger charge is -2.04. The van der Waals surface area contributed by atoms with Crippen molar-refractivity contribution < 1.29 is 4.57 Å². The van der Waals surface area contributed by atoms with Crippen LogP contribution in [-0.2, 0) is 7.05 Å². The monoisotopic (exact) mass is 199 g/mol. The number of aryl methyl sites for hydroxylation is 2. The van der Waals surface area contributed by atoms with Crippen LogP contribution in [0.3, 0.4) is 0 Å². The van der Waals surface area contributed by atoms with Crippen LogP contribution >= 0.6 is 0 Å². The molecule has 2 nitrogen and oxygen atoms in total. The third kappa shape index (κ3) is 1.84. The predicted molar refractivity (Wildman–Crippen MR) is 61.2 cm³/mol. The second-order valence-corrected chi connectivity index (χ2v) is 3.75. The summed E-state index contributed by atoms with van der Waals surface area (Å²) in [5, 5.41) is 0. The zero-order valence-electron chi connectivity index (χ0n) is 9.14. The molecule has 1 aromatic heterocycles. The van der Waals surface area contributed by atoms with Gasteiger partial charge in [0, 0.05) is 5.56 Å². The molecule has 2 rings (SSSR count). The highest BCUT2D eigenvalue weighted by Gasteiger charge is 2.09. The van der Waals surface area contributed by atoms with Crippen molar-refractivity contribution in [2.75, 3.05) is 0 Å². The van der Waals surface area contributed by atoms with E-state index in [1.807, 2.05) is 47.0 Å². The molecule has 1 aromatic carbocycles. The van der Waals surface area contributed by atoms with Gasteiger partial charge in [0.2, 0.25) is 6.33 Å². The predicted octanol–water partition coefficient (Wildman–Crippen LogP) is 2.14. The standard InChI is InChI=1S/C13H15N2/c1-11-6-4-5-7-13(11)12(2)15-9-8-14(3)10-15/h4-10H,2H2,1,3H3/q+1. The number of imidazole rings is 1. The van der Waals surface area contributed by atoms with Crippen LogP contribution in [0.15, 0.2) is 49.6 Å². The maximum absolute atomic E-state index is 4.12. The molecule has 0 bridgehead atoms. The Morgan fingerprint density at radius 3 is 2.67 bits per heavy atom. The molecule has 0 aliphatic carbocycles.